The summed E-state index contributed by atoms with van der Waals surface area (Å²) in [6, 6.07) is 0. The standard InChI is InChI=1S/C7H18N2/c1-7(2,5-6-8)9(3)4/h5-6,8H2,1-4H3. The molecule has 0 aromatic carbocycles. The highest BCUT2D eigenvalue weighted by molar-refractivity contribution is 4.76. The third-order valence-corrected chi connectivity index (χ3v) is 1.97. The van der Waals surface area contributed by atoms with E-state index in [-0.39, 0.29) is 5.54 Å². The molecule has 0 spiro atoms. The maximum absolute atomic E-state index is 5.43. The fourth-order valence-electron chi connectivity index (χ4n) is 0.577. The summed E-state index contributed by atoms with van der Waals surface area (Å²) >= 11 is 0. The molecular weight excluding hydrogens is 112 g/mol. The quantitative estimate of drug-likeness (QED) is 0.608. The van der Waals surface area contributed by atoms with Gasteiger partial charge in [-0.05, 0) is 40.9 Å². The highest BCUT2D eigenvalue weighted by atomic mass is 15.1. The number of rotatable bonds is 3. The lowest BCUT2D eigenvalue weighted by atomic mass is 10.00. The molecule has 0 amide bonds. The lowest BCUT2D eigenvalue weighted by Gasteiger charge is -2.31. The maximum atomic E-state index is 5.43. The first-order valence-electron chi connectivity index (χ1n) is 3.38. The van der Waals surface area contributed by atoms with Crippen LogP contribution >= 0.6 is 0 Å². The van der Waals surface area contributed by atoms with Crippen molar-refractivity contribution in [2.75, 3.05) is 20.6 Å². The van der Waals surface area contributed by atoms with Gasteiger partial charge >= 0.3 is 0 Å². The fourth-order valence-corrected chi connectivity index (χ4v) is 0.577. The van der Waals surface area contributed by atoms with Gasteiger partial charge in [-0.2, -0.15) is 0 Å². The van der Waals surface area contributed by atoms with Crippen molar-refractivity contribution in [3.05, 3.63) is 0 Å². The molecule has 2 N–H and O–H groups in total. The van der Waals surface area contributed by atoms with Gasteiger partial charge in [-0.1, -0.05) is 0 Å². The van der Waals surface area contributed by atoms with Gasteiger partial charge in [0.2, 0.25) is 0 Å². The molecule has 0 rings (SSSR count). The zero-order valence-electron chi connectivity index (χ0n) is 6.94. The molecule has 2 heteroatoms. The predicted molar refractivity (Wildman–Crippen MR) is 41.4 cm³/mol. The zero-order valence-corrected chi connectivity index (χ0v) is 6.94. The van der Waals surface area contributed by atoms with Gasteiger partial charge in [0.1, 0.15) is 0 Å². The molecule has 0 bridgehead atoms. The van der Waals surface area contributed by atoms with E-state index in [0.29, 0.717) is 0 Å². The summed E-state index contributed by atoms with van der Waals surface area (Å²) in [5, 5.41) is 0. The molecule has 56 valence electrons. The van der Waals surface area contributed by atoms with Crippen LogP contribution in [-0.2, 0) is 0 Å². The Morgan fingerprint density at radius 3 is 1.89 bits per heavy atom. The Balaban J connectivity index is 3.70. The number of hydrogen-bond acceptors (Lipinski definition) is 2. The van der Waals surface area contributed by atoms with Gasteiger partial charge in [-0.25, -0.2) is 0 Å². The van der Waals surface area contributed by atoms with Crippen LogP contribution < -0.4 is 5.73 Å². The number of hydrogen-bond donors (Lipinski definition) is 1. The minimum absolute atomic E-state index is 0.259. The molecule has 0 saturated heterocycles. The van der Waals surface area contributed by atoms with E-state index < -0.39 is 0 Å². The normalized spacial score (nSPS) is 12.7. The lowest BCUT2D eigenvalue weighted by molar-refractivity contribution is 0.185. The van der Waals surface area contributed by atoms with Crippen LogP contribution in [0.15, 0.2) is 0 Å². The molecule has 0 aromatic rings. The van der Waals surface area contributed by atoms with Gasteiger partial charge in [0, 0.05) is 5.54 Å². The van der Waals surface area contributed by atoms with Crippen molar-refractivity contribution in [2.24, 2.45) is 5.73 Å². The first-order chi connectivity index (χ1) is 4.00. The summed E-state index contributed by atoms with van der Waals surface area (Å²) in [5.41, 5.74) is 5.68. The molecule has 9 heavy (non-hydrogen) atoms. The Morgan fingerprint density at radius 2 is 1.78 bits per heavy atom. The van der Waals surface area contributed by atoms with Crippen LogP contribution in [0.4, 0.5) is 0 Å². The molecule has 0 atom stereocenters. The van der Waals surface area contributed by atoms with E-state index in [9.17, 15) is 0 Å². The van der Waals surface area contributed by atoms with E-state index in [1.54, 1.807) is 0 Å². The Kier molecular flexibility index (Phi) is 3.15. The van der Waals surface area contributed by atoms with E-state index >= 15 is 0 Å². The highest BCUT2D eigenvalue weighted by Crippen LogP contribution is 2.12. The van der Waals surface area contributed by atoms with Gasteiger partial charge in [0.25, 0.3) is 0 Å². The molecule has 0 aromatic heterocycles. The summed E-state index contributed by atoms with van der Waals surface area (Å²) in [5.74, 6) is 0. The summed E-state index contributed by atoms with van der Waals surface area (Å²) < 4.78 is 0. The SMILES string of the molecule is CN(C)C(C)(C)CCN. The van der Waals surface area contributed by atoms with E-state index in [0.717, 1.165) is 13.0 Å². The molecule has 0 unspecified atom stereocenters. The van der Waals surface area contributed by atoms with Crippen molar-refractivity contribution in [3.8, 4) is 0 Å². The molecule has 0 radical (unpaired) electrons. The van der Waals surface area contributed by atoms with Crippen molar-refractivity contribution in [1.82, 2.24) is 4.90 Å². The largest absolute Gasteiger partial charge is 0.330 e. The monoisotopic (exact) mass is 130 g/mol. The Labute approximate surface area is 58.0 Å². The van der Waals surface area contributed by atoms with Gasteiger partial charge in [0.15, 0.2) is 0 Å². The Morgan fingerprint density at radius 1 is 1.33 bits per heavy atom. The van der Waals surface area contributed by atoms with Gasteiger partial charge in [0.05, 0.1) is 0 Å². The average Bonchev–Trinajstić information content (AvgIpc) is 1.65. The number of nitrogens with two attached hydrogens (primary N) is 1. The van der Waals surface area contributed by atoms with Gasteiger partial charge in [-0.3, -0.25) is 0 Å². The van der Waals surface area contributed by atoms with Crippen molar-refractivity contribution in [1.29, 1.82) is 0 Å². The molecule has 0 aliphatic heterocycles. The minimum atomic E-state index is 0.259. The third kappa shape index (κ3) is 2.82. The first kappa shape index (κ1) is 8.92. The van der Waals surface area contributed by atoms with E-state index in [2.05, 4.69) is 32.8 Å². The topological polar surface area (TPSA) is 29.3 Å². The number of nitrogens with zero attached hydrogens (tertiary/aromatic N) is 1. The summed E-state index contributed by atoms with van der Waals surface area (Å²) in [7, 11) is 4.16. The minimum Gasteiger partial charge on any atom is -0.330 e. The maximum Gasteiger partial charge on any atom is 0.0159 e. The van der Waals surface area contributed by atoms with Crippen LogP contribution in [0.25, 0.3) is 0 Å². The summed E-state index contributed by atoms with van der Waals surface area (Å²) in [6.45, 7) is 5.16. The second kappa shape index (κ2) is 3.18. The molecule has 0 heterocycles. The Hall–Kier alpha value is -0.0800. The molecule has 2 nitrogen and oxygen atoms in total. The molecule has 0 aliphatic carbocycles. The van der Waals surface area contributed by atoms with E-state index in [1.165, 1.54) is 0 Å². The van der Waals surface area contributed by atoms with E-state index in [4.69, 9.17) is 5.73 Å². The highest BCUT2D eigenvalue weighted by Gasteiger charge is 2.18. The van der Waals surface area contributed by atoms with Crippen molar-refractivity contribution in [2.45, 2.75) is 25.8 Å². The lowest BCUT2D eigenvalue weighted by Crippen LogP contribution is -2.39. The van der Waals surface area contributed by atoms with Crippen molar-refractivity contribution in [3.63, 3.8) is 0 Å². The van der Waals surface area contributed by atoms with Crippen LogP contribution in [0.5, 0.6) is 0 Å². The smallest absolute Gasteiger partial charge is 0.0159 e. The summed E-state index contributed by atoms with van der Waals surface area (Å²) in [6.07, 6.45) is 1.06. The van der Waals surface area contributed by atoms with Crippen LogP contribution in [0, 0.1) is 0 Å². The first-order valence-corrected chi connectivity index (χ1v) is 3.38. The average molecular weight is 130 g/mol. The predicted octanol–water partition coefficient (Wildman–Crippen LogP) is 0.675. The molecule has 0 saturated carbocycles. The zero-order chi connectivity index (χ0) is 7.49. The van der Waals surface area contributed by atoms with Gasteiger partial charge < -0.3 is 10.6 Å². The van der Waals surface area contributed by atoms with Crippen molar-refractivity contribution >= 4 is 0 Å². The second-order valence-electron chi connectivity index (χ2n) is 3.25. The summed E-state index contributed by atoms with van der Waals surface area (Å²) in [4.78, 5) is 2.19. The van der Waals surface area contributed by atoms with Crippen LogP contribution in [0.1, 0.15) is 20.3 Å². The van der Waals surface area contributed by atoms with Crippen LogP contribution in [0.3, 0.4) is 0 Å². The molecule has 0 fully saturated rings. The third-order valence-electron chi connectivity index (χ3n) is 1.97. The Bertz CT molecular complexity index is 77.0. The van der Waals surface area contributed by atoms with Gasteiger partial charge in [-0.15, -0.1) is 0 Å². The van der Waals surface area contributed by atoms with Crippen molar-refractivity contribution < 1.29 is 0 Å². The fraction of sp³-hybridized carbons (Fsp3) is 1.00. The second-order valence-corrected chi connectivity index (χ2v) is 3.25. The molecular formula is C7H18N2. The molecule has 0 aliphatic rings. The van der Waals surface area contributed by atoms with E-state index in [1.807, 2.05) is 0 Å². The van der Waals surface area contributed by atoms with Crippen LogP contribution in [-0.4, -0.2) is 31.1 Å². The van der Waals surface area contributed by atoms with Crippen LogP contribution in [0.2, 0.25) is 0 Å².